The van der Waals surface area contributed by atoms with E-state index in [1.165, 1.54) is 12.8 Å². The molecule has 0 bridgehead atoms. The van der Waals surface area contributed by atoms with Crippen molar-refractivity contribution in [2.24, 2.45) is 23.5 Å². The van der Waals surface area contributed by atoms with E-state index in [-0.39, 0.29) is 11.8 Å². The van der Waals surface area contributed by atoms with Gasteiger partial charge in [-0.15, -0.1) is 0 Å². The summed E-state index contributed by atoms with van der Waals surface area (Å²) in [5.74, 6) is 1.36. The Labute approximate surface area is 92.8 Å². The summed E-state index contributed by atoms with van der Waals surface area (Å²) in [6, 6.07) is 0.357. The van der Waals surface area contributed by atoms with E-state index in [0.29, 0.717) is 18.5 Å². The molecular formula is C12H24N2O. The Morgan fingerprint density at radius 1 is 1.47 bits per heavy atom. The Balaban J connectivity index is 2.46. The molecule has 1 aliphatic rings. The first kappa shape index (κ1) is 12.5. The van der Waals surface area contributed by atoms with Crippen molar-refractivity contribution in [3.05, 3.63) is 0 Å². The Hall–Kier alpha value is -0.570. The average Bonchev–Trinajstić information content (AvgIpc) is 2.23. The minimum absolute atomic E-state index is 0.0607. The van der Waals surface area contributed by atoms with Crippen LogP contribution in [0.15, 0.2) is 0 Å². The summed E-state index contributed by atoms with van der Waals surface area (Å²) in [7, 11) is 0. The van der Waals surface area contributed by atoms with E-state index in [4.69, 9.17) is 5.73 Å². The molecule has 1 fully saturated rings. The number of nitrogens with two attached hydrogens (primary N) is 1. The number of nitrogens with one attached hydrogen (secondary N) is 1. The summed E-state index contributed by atoms with van der Waals surface area (Å²) in [5, 5.41) is 3.13. The van der Waals surface area contributed by atoms with Crippen LogP contribution >= 0.6 is 0 Å². The predicted octanol–water partition coefficient (Wildman–Crippen LogP) is 1.52. The Bertz CT molecular complexity index is 218. The fourth-order valence-electron chi connectivity index (χ4n) is 2.22. The lowest BCUT2D eigenvalue weighted by atomic mass is 9.78. The molecule has 15 heavy (non-hydrogen) atoms. The average molecular weight is 212 g/mol. The Kier molecular flexibility index (Phi) is 4.58. The molecule has 0 aromatic rings. The van der Waals surface area contributed by atoms with E-state index in [0.717, 1.165) is 12.3 Å². The fraction of sp³-hybridized carbons (Fsp3) is 0.917. The first-order valence-corrected chi connectivity index (χ1v) is 6.06. The van der Waals surface area contributed by atoms with Gasteiger partial charge in [0.15, 0.2) is 0 Å². The summed E-state index contributed by atoms with van der Waals surface area (Å²) in [5.41, 5.74) is 5.48. The van der Waals surface area contributed by atoms with Gasteiger partial charge in [-0.2, -0.15) is 0 Å². The second kappa shape index (κ2) is 5.50. The zero-order chi connectivity index (χ0) is 11.4. The minimum atomic E-state index is -0.0607. The SMILES string of the molecule is CC(CN)C(=O)NC1CCCC(C)C1C. The van der Waals surface area contributed by atoms with Crippen molar-refractivity contribution in [3.63, 3.8) is 0 Å². The van der Waals surface area contributed by atoms with Gasteiger partial charge >= 0.3 is 0 Å². The Morgan fingerprint density at radius 3 is 2.73 bits per heavy atom. The van der Waals surface area contributed by atoms with Crippen molar-refractivity contribution in [3.8, 4) is 0 Å². The van der Waals surface area contributed by atoms with Crippen molar-refractivity contribution in [1.82, 2.24) is 5.32 Å². The standard InChI is InChI=1S/C12H24N2O/c1-8-5-4-6-11(10(8)3)14-12(15)9(2)7-13/h8-11H,4-7,13H2,1-3H3,(H,14,15). The lowest BCUT2D eigenvalue weighted by Gasteiger charge is -2.35. The molecule has 1 aliphatic carbocycles. The van der Waals surface area contributed by atoms with Gasteiger partial charge in [-0.05, 0) is 18.3 Å². The van der Waals surface area contributed by atoms with Gasteiger partial charge in [-0.25, -0.2) is 0 Å². The van der Waals surface area contributed by atoms with Crippen LogP contribution in [-0.2, 0) is 4.79 Å². The summed E-state index contributed by atoms with van der Waals surface area (Å²) in [6.45, 7) is 6.83. The van der Waals surface area contributed by atoms with Crippen LogP contribution in [0.4, 0.5) is 0 Å². The zero-order valence-electron chi connectivity index (χ0n) is 10.1. The van der Waals surface area contributed by atoms with E-state index < -0.39 is 0 Å². The van der Waals surface area contributed by atoms with Gasteiger partial charge in [0.1, 0.15) is 0 Å². The number of amides is 1. The summed E-state index contributed by atoms with van der Waals surface area (Å²) >= 11 is 0. The highest BCUT2D eigenvalue weighted by Crippen LogP contribution is 2.29. The van der Waals surface area contributed by atoms with Crippen molar-refractivity contribution >= 4 is 5.91 Å². The third-order valence-electron chi connectivity index (χ3n) is 3.84. The quantitative estimate of drug-likeness (QED) is 0.745. The summed E-state index contributed by atoms with van der Waals surface area (Å²) < 4.78 is 0. The van der Waals surface area contributed by atoms with E-state index in [2.05, 4.69) is 19.2 Å². The summed E-state index contributed by atoms with van der Waals surface area (Å²) in [4.78, 5) is 11.7. The number of carbonyl (C=O) groups excluding carboxylic acids is 1. The normalized spacial score (nSPS) is 33.5. The van der Waals surface area contributed by atoms with Gasteiger partial charge in [0, 0.05) is 18.5 Å². The lowest BCUT2D eigenvalue weighted by molar-refractivity contribution is -0.125. The Morgan fingerprint density at radius 2 is 2.13 bits per heavy atom. The van der Waals surface area contributed by atoms with Crippen LogP contribution < -0.4 is 11.1 Å². The second-order valence-electron chi connectivity index (χ2n) is 5.02. The van der Waals surface area contributed by atoms with Gasteiger partial charge in [0.25, 0.3) is 0 Å². The number of carbonyl (C=O) groups is 1. The molecule has 1 saturated carbocycles. The maximum atomic E-state index is 11.7. The smallest absolute Gasteiger partial charge is 0.224 e. The highest BCUT2D eigenvalue weighted by Gasteiger charge is 2.28. The maximum absolute atomic E-state index is 11.7. The molecule has 3 nitrogen and oxygen atoms in total. The van der Waals surface area contributed by atoms with Crippen molar-refractivity contribution in [2.75, 3.05) is 6.54 Å². The van der Waals surface area contributed by atoms with Crippen molar-refractivity contribution in [2.45, 2.75) is 46.1 Å². The first-order chi connectivity index (χ1) is 7.06. The highest BCUT2D eigenvalue weighted by atomic mass is 16.1. The van der Waals surface area contributed by atoms with Gasteiger partial charge in [0.2, 0.25) is 5.91 Å². The molecule has 0 aromatic heterocycles. The van der Waals surface area contributed by atoms with E-state index >= 15 is 0 Å². The third kappa shape index (κ3) is 3.20. The van der Waals surface area contributed by atoms with Gasteiger partial charge in [-0.1, -0.05) is 33.6 Å². The summed E-state index contributed by atoms with van der Waals surface area (Å²) in [6.07, 6.45) is 3.64. The highest BCUT2D eigenvalue weighted by molar-refractivity contribution is 5.78. The van der Waals surface area contributed by atoms with Crippen LogP contribution in [-0.4, -0.2) is 18.5 Å². The van der Waals surface area contributed by atoms with Crippen LogP contribution in [0.1, 0.15) is 40.0 Å². The van der Waals surface area contributed by atoms with Crippen molar-refractivity contribution in [1.29, 1.82) is 0 Å². The monoisotopic (exact) mass is 212 g/mol. The topological polar surface area (TPSA) is 55.1 Å². The second-order valence-corrected chi connectivity index (χ2v) is 5.02. The molecule has 88 valence electrons. The van der Waals surface area contributed by atoms with Crippen LogP contribution in [0.3, 0.4) is 0 Å². The molecule has 4 unspecified atom stereocenters. The molecule has 3 heteroatoms. The minimum Gasteiger partial charge on any atom is -0.353 e. The molecule has 0 aliphatic heterocycles. The van der Waals surface area contributed by atoms with Crippen LogP contribution in [0.25, 0.3) is 0 Å². The molecule has 0 saturated heterocycles. The maximum Gasteiger partial charge on any atom is 0.224 e. The molecule has 4 atom stereocenters. The molecule has 3 N–H and O–H groups in total. The van der Waals surface area contributed by atoms with Crippen molar-refractivity contribution < 1.29 is 4.79 Å². The zero-order valence-corrected chi connectivity index (χ0v) is 10.1. The first-order valence-electron chi connectivity index (χ1n) is 6.06. The van der Waals surface area contributed by atoms with Gasteiger partial charge in [0.05, 0.1) is 0 Å². The lowest BCUT2D eigenvalue weighted by Crippen LogP contribution is -2.46. The number of hydrogen-bond donors (Lipinski definition) is 2. The van der Waals surface area contributed by atoms with Crippen LogP contribution in [0.5, 0.6) is 0 Å². The molecule has 0 aromatic carbocycles. The molecule has 0 spiro atoms. The van der Waals surface area contributed by atoms with E-state index in [1.807, 2.05) is 6.92 Å². The largest absolute Gasteiger partial charge is 0.353 e. The van der Waals surface area contributed by atoms with Crippen LogP contribution in [0, 0.1) is 17.8 Å². The molecule has 1 rings (SSSR count). The molecular weight excluding hydrogens is 188 g/mol. The van der Waals surface area contributed by atoms with Crippen LogP contribution in [0.2, 0.25) is 0 Å². The number of rotatable bonds is 3. The molecule has 0 radical (unpaired) electrons. The molecule has 1 amide bonds. The third-order valence-corrected chi connectivity index (χ3v) is 3.84. The predicted molar refractivity (Wildman–Crippen MR) is 62.3 cm³/mol. The van der Waals surface area contributed by atoms with E-state index in [1.54, 1.807) is 0 Å². The van der Waals surface area contributed by atoms with Gasteiger partial charge < -0.3 is 11.1 Å². The molecule has 0 heterocycles. The van der Waals surface area contributed by atoms with E-state index in [9.17, 15) is 4.79 Å². The number of hydrogen-bond acceptors (Lipinski definition) is 2. The van der Waals surface area contributed by atoms with Gasteiger partial charge in [-0.3, -0.25) is 4.79 Å². The fourth-order valence-corrected chi connectivity index (χ4v) is 2.22.